The van der Waals surface area contributed by atoms with E-state index in [2.05, 4.69) is 47.6 Å². The Kier molecular flexibility index (Phi) is 73.7. The number of rotatable bonds is 2. The molecule has 0 spiro atoms. The van der Waals surface area contributed by atoms with E-state index in [-0.39, 0.29) is 134 Å². The summed E-state index contributed by atoms with van der Waals surface area (Å²) >= 11 is 0. The first-order valence-corrected chi connectivity index (χ1v) is 9.22. The number of nitrogens with zero attached hydrogens (tertiary/aromatic N) is 4. The fourth-order valence-corrected chi connectivity index (χ4v) is 2.70. The Labute approximate surface area is 298 Å². The average molecular weight is 998 g/mol. The third-order valence-electron chi connectivity index (χ3n) is 4.19. The Balaban J connectivity index is -0.0000000321. The summed E-state index contributed by atoms with van der Waals surface area (Å²) in [5.41, 5.74) is 8.58. The van der Waals surface area contributed by atoms with Gasteiger partial charge in [-0.3, -0.25) is 19.9 Å². The number of aryl methyl sites for hydroxylation is 4. The molecule has 0 saturated carbocycles. The first kappa shape index (κ1) is 77.9. The number of hydrogen-bond donors (Lipinski definition) is 0. The molecule has 0 aromatic carbocycles. The molecule has 14 nitrogen and oxygen atoms in total. The van der Waals surface area contributed by atoms with Crippen molar-refractivity contribution < 1.29 is 134 Å². The summed E-state index contributed by atoms with van der Waals surface area (Å²) in [6, 6.07) is 16.1. The fourth-order valence-electron chi connectivity index (χ4n) is 2.70. The van der Waals surface area contributed by atoms with Gasteiger partial charge in [0.05, 0.1) is 22.8 Å². The number of pyridine rings is 4. The molecule has 18 heteroatoms. The van der Waals surface area contributed by atoms with Crippen LogP contribution in [0.25, 0.3) is 22.8 Å². The molecule has 0 aliphatic heterocycles. The van der Waals surface area contributed by atoms with Gasteiger partial charge in [0.2, 0.25) is 0 Å². The van der Waals surface area contributed by atoms with E-state index in [1.807, 2.05) is 73.3 Å². The van der Waals surface area contributed by atoms with Crippen LogP contribution in [0.5, 0.6) is 0 Å². The van der Waals surface area contributed by atoms with Gasteiger partial charge in [-0.15, -0.1) is 0 Å². The van der Waals surface area contributed by atoms with E-state index in [4.69, 9.17) is 0 Å². The van der Waals surface area contributed by atoms with Crippen molar-refractivity contribution in [2.24, 2.45) is 0 Å². The SMILES string of the molecule is Cc1ccnc(-c2cc(C)ccn2)c1.Cc1ccnc(-c2cc(C)ccn2)c1.[O-2].[O-2].[O-2].[O-2].[O-2].[O-2].[O-2].[O-2].[O-2].[O-2].[V].[V].[W].[W]. The maximum Gasteiger partial charge on any atom is 0.0888 e. The molecular weight excluding hydrogens is 974 g/mol. The molecule has 4 heterocycles. The quantitative estimate of drug-likeness (QED) is 0.283. The Morgan fingerprint density at radius 3 is 0.595 bits per heavy atom. The van der Waals surface area contributed by atoms with Gasteiger partial charge >= 0.3 is 0 Å². The van der Waals surface area contributed by atoms with E-state index in [1.165, 1.54) is 22.3 Å². The van der Waals surface area contributed by atoms with E-state index in [9.17, 15) is 0 Å². The molecule has 42 heavy (non-hydrogen) atoms. The van der Waals surface area contributed by atoms with E-state index >= 15 is 0 Å². The topological polar surface area (TPSA) is 337 Å². The van der Waals surface area contributed by atoms with E-state index < -0.39 is 0 Å². The molecule has 0 atom stereocenters. The van der Waals surface area contributed by atoms with Crippen molar-refractivity contribution in [1.82, 2.24) is 19.9 Å². The summed E-state index contributed by atoms with van der Waals surface area (Å²) in [6.07, 6.45) is 7.26. The summed E-state index contributed by atoms with van der Waals surface area (Å²) in [4.78, 5) is 17.2. The van der Waals surface area contributed by atoms with Crippen LogP contribution in [0.2, 0.25) is 0 Å². The zero-order chi connectivity index (χ0) is 19.9. The third kappa shape index (κ3) is 25.3. The predicted molar refractivity (Wildman–Crippen MR) is 121 cm³/mol. The van der Waals surface area contributed by atoms with Crippen LogP contribution in [-0.2, 0) is 134 Å². The predicted octanol–water partition coefficient (Wildman–Crippen LogP) is 4.32. The maximum atomic E-state index is 4.29. The Bertz CT molecular complexity index is 954. The van der Waals surface area contributed by atoms with Gasteiger partial charge in [-0.25, -0.2) is 0 Å². The number of aromatic nitrogens is 4. The molecule has 0 fully saturated rings. The van der Waals surface area contributed by atoms with Crippen LogP contribution in [-0.4, -0.2) is 19.9 Å². The Hall–Kier alpha value is -1.25. The van der Waals surface area contributed by atoms with Crippen molar-refractivity contribution in [3.8, 4) is 22.8 Å². The van der Waals surface area contributed by atoms with Crippen molar-refractivity contribution in [3.63, 3.8) is 0 Å². The minimum absolute atomic E-state index is 0. The minimum Gasteiger partial charge on any atom is -2.00 e. The first-order valence-electron chi connectivity index (χ1n) is 9.22. The molecule has 0 bridgehead atoms. The van der Waals surface area contributed by atoms with E-state index in [0.29, 0.717) is 0 Å². The molecule has 0 N–H and O–H groups in total. The monoisotopic (exact) mass is 998 g/mol. The summed E-state index contributed by atoms with van der Waals surface area (Å²) in [6.45, 7) is 8.23. The molecule has 4 aromatic heterocycles. The molecule has 0 aliphatic carbocycles. The molecule has 4 aromatic rings. The third-order valence-corrected chi connectivity index (χ3v) is 4.19. The zero-order valence-corrected chi connectivity index (χ0v) is 31.2. The zero-order valence-electron chi connectivity index (χ0n) is 22.5. The molecule has 0 amide bonds. The summed E-state index contributed by atoms with van der Waals surface area (Å²) < 4.78 is 0. The Morgan fingerprint density at radius 2 is 0.476 bits per heavy atom. The van der Waals surface area contributed by atoms with Gasteiger partial charge in [0.25, 0.3) is 0 Å². The van der Waals surface area contributed by atoms with Gasteiger partial charge in [0, 0.05) is 104 Å². The second-order valence-electron chi connectivity index (χ2n) is 6.87. The molecule has 0 aliphatic rings. The summed E-state index contributed by atoms with van der Waals surface area (Å²) in [5, 5.41) is 0. The molecule has 4 rings (SSSR count). The van der Waals surface area contributed by atoms with E-state index in [1.54, 1.807) is 0 Å². The molecule has 0 unspecified atom stereocenters. The average Bonchev–Trinajstić information content (AvgIpc) is 2.69. The van der Waals surface area contributed by atoms with Crippen LogP contribution < -0.4 is 0 Å². The van der Waals surface area contributed by atoms with Crippen molar-refractivity contribution >= 4 is 0 Å². The van der Waals surface area contributed by atoms with Gasteiger partial charge in [-0.2, -0.15) is 0 Å². The van der Waals surface area contributed by atoms with Crippen LogP contribution in [0.1, 0.15) is 22.3 Å². The second-order valence-corrected chi connectivity index (χ2v) is 6.87. The van der Waals surface area contributed by atoms with Crippen molar-refractivity contribution in [3.05, 3.63) is 95.6 Å². The van der Waals surface area contributed by atoms with Crippen molar-refractivity contribution in [1.29, 1.82) is 0 Å². The fraction of sp³-hybridized carbons (Fsp3) is 0.167. The molecule has 0 saturated heterocycles. The van der Waals surface area contributed by atoms with Crippen molar-refractivity contribution in [2.75, 3.05) is 0 Å². The molecule has 2 radical (unpaired) electrons. The smallest absolute Gasteiger partial charge is 0.0888 e. The summed E-state index contributed by atoms with van der Waals surface area (Å²) in [7, 11) is 0. The van der Waals surface area contributed by atoms with Crippen LogP contribution >= 0.6 is 0 Å². The van der Waals surface area contributed by atoms with Crippen LogP contribution in [0.4, 0.5) is 0 Å². The van der Waals surface area contributed by atoms with Crippen LogP contribution in [0.3, 0.4) is 0 Å². The van der Waals surface area contributed by atoms with Gasteiger partial charge in [0.1, 0.15) is 0 Å². The van der Waals surface area contributed by atoms with Crippen LogP contribution in [0, 0.1) is 27.7 Å². The second kappa shape index (κ2) is 39.7. The number of hydrogen-bond acceptors (Lipinski definition) is 4. The summed E-state index contributed by atoms with van der Waals surface area (Å²) in [5.74, 6) is 0. The first-order chi connectivity index (χ1) is 13.5. The van der Waals surface area contributed by atoms with Gasteiger partial charge in [-0.1, -0.05) is 0 Å². The largest absolute Gasteiger partial charge is 2.00 e. The van der Waals surface area contributed by atoms with Gasteiger partial charge in [-0.05, 0) is 98.5 Å². The van der Waals surface area contributed by atoms with Gasteiger partial charge in [0.15, 0.2) is 0 Å². The van der Waals surface area contributed by atoms with E-state index in [0.717, 1.165) is 22.8 Å². The van der Waals surface area contributed by atoms with Gasteiger partial charge < -0.3 is 54.8 Å². The maximum absolute atomic E-state index is 4.29. The molecule has 242 valence electrons. The van der Waals surface area contributed by atoms with Crippen LogP contribution in [0.15, 0.2) is 73.3 Å². The minimum atomic E-state index is 0. The van der Waals surface area contributed by atoms with Crippen molar-refractivity contribution in [2.45, 2.75) is 27.7 Å². The standard InChI is InChI=1S/2C12H12N2.10O.2V.2W/c2*1-9-3-5-13-11(7-9)12-8-10(2)4-6-14-12;;;;;;;;;;;;;;/h2*3-8H,1-2H3;;;;;;;;;;;;;;/q;;10*-2;;;;. The Morgan fingerprint density at radius 1 is 0.333 bits per heavy atom. The normalized spacial score (nSPS) is 6.76. The molecular formula is C24H24N4O10V2W2-20.